The van der Waals surface area contributed by atoms with E-state index in [0.29, 0.717) is 11.6 Å². The first kappa shape index (κ1) is 13.9. The molecule has 2 aromatic carbocycles. The van der Waals surface area contributed by atoms with Crippen molar-refractivity contribution in [3.8, 4) is 17.4 Å². The largest absolute Gasteiger partial charge is 0.497 e. The maximum atomic E-state index is 5.93. The number of nitrogens with zero attached hydrogens (tertiary/aromatic N) is 1. The van der Waals surface area contributed by atoms with E-state index in [1.807, 2.05) is 49.4 Å². The van der Waals surface area contributed by atoms with Gasteiger partial charge in [-0.2, -0.15) is 0 Å². The normalized spacial score (nSPS) is 10.6. The van der Waals surface area contributed by atoms with E-state index in [2.05, 4.69) is 27.0 Å². The highest BCUT2D eigenvalue weighted by Gasteiger charge is 2.09. The van der Waals surface area contributed by atoms with Gasteiger partial charge in [0.15, 0.2) is 0 Å². The molecule has 3 nitrogen and oxygen atoms in total. The molecule has 0 radical (unpaired) electrons. The molecular weight excluding hydrogens is 330 g/mol. The van der Waals surface area contributed by atoms with Gasteiger partial charge in [0.1, 0.15) is 11.5 Å². The first-order valence-corrected chi connectivity index (χ1v) is 7.34. The second kappa shape index (κ2) is 5.74. The van der Waals surface area contributed by atoms with Crippen LogP contribution in [0, 0.1) is 6.92 Å². The monoisotopic (exact) mass is 343 g/mol. The number of fused-ring (bicyclic) bond motifs is 1. The standard InChI is InChI=1S/C17H14BrNO2/c1-11-9-12-5-3-4-6-15(12)19-17(11)21-16-8-7-13(20-2)10-14(16)18/h3-10H,1-2H3. The molecule has 0 saturated heterocycles. The minimum absolute atomic E-state index is 0.611. The summed E-state index contributed by atoms with van der Waals surface area (Å²) in [5.41, 5.74) is 1.92. The highest BCUT2D eigenvalue weighted by atomic mass is 79.9. The number of rotatable bonds is 3. The lowest BCUT2D eigenvalue weighted by molar-refractivity contribution is 0.411. The number of pyridine rings is 1. The van der Waals surface area contributed by atoms with E-state index in [1.165, 1.54) is 0 Å². The van der Waals surface area contributed by atoms with Crippen LogP contribution in [0.15, 0.2) is 53.0 Å². The summed E-state index contributed by atoms with van der Waals surface area (Å²) in [7, 11) is 1.64. The van der Waals surface area contributed by atoms with Crippen LogP contribution < -0.4 is 9.47 Å². The summed E-state index contributed by atoms with van der Waals surface area (Å²) in [4.78, 5) is 4.58. The molecule has 0 atom stereocenters. The molecule has 0 bridgehead atoms. The Morgan fingerprint density at radius 3 is 2.62 bits per heavy atom. The Labute approximate surface area is 131 Å². The van der Waals surface area contributed by atoms with E-state index in [9.17, 15) is 0 Å². The van der Waals surface area contributed by atoms with Crippen molar-refractivity contribution >= 4 is 26.8 Å². The van der Waals surface area contributed by atoms with Crippen molar-refractivity contribution in [2.24, 2.45) is 0 Å². The van der Waals surface area contributed by atoms with Gasteiger partial charge in [0.2, 0.25) is 5.88 Å². The highest BCUT2D eigenvalue weighted by molar-refractivity contribution is 9.10. The Hall–Kier alpha value is -2.07. The van der Waals surface area contributed by atoms with Gasteiger partial charge < -0.3 is 9.47 Å². The van der Waals surface area contributed by atoms with E-state index >= 15 is 0 Å². The molecule has 4 heteroatoms. The minimum atomic E-state index is 0.611. The predicted molar refractivity (Wildman–Crippen MR) is 87.2 cm³/mol. The molecule has 0 saturated carbocycles. The fraction of sp³-hybridized carbons (Fsp3) is 0.118. The molecule has 0 aliphatic rings. The SMILES string of the molecule is COc1ccc(Oc2nc3ccccc3cc2C)c(Br)c1. The summed E-state index contributed by atoms with van der Waals surface area (Å²) in [6, 6.07) is 15.7. The van der Waals surface area contributed by atoms with E-state index in [1.54, 1.807) is 7.11 Å². The van der Waals surface area contributed by atoms with Gasteiger partial charge in [-0.05, 0) is 53.2 Å². The van der Waals surface area contributed by atoms with Gasteiger partial charge in [-0.3, -0.25) is 0 Å². The Bertz CT molecular complexity index is 802. The predicted octanol–water partition coefficient (Wildman–Crippen LogP) is 5.11. The molecule has 106 valence electrons. The van der Waals surface area contributed by atoms with Crippen molar-refractivity contribution in [3.63, 3.8) is 0 Å². The summed E-state index contributed by atoms with van der Waals surface area (Å²) in [5.74, 6) is 2.10. The van der Waals surface area contributed by atoms with Crippen LogP contribution in [0.3, 0.4) is 0 Å². The highest BCUT2D eigenvalue weighted by Crippen LogP contribution is 2.33. The number of para-hydroxylation sites is 1. The summed E-state index contributed by atoms with van der Waals surface area (Å²) in [6.07, 6.45) is 0. The molecular formula is C17H14BrNO2. The van der Waals surface area contributed by atoms with Crippen LogP contribution in [0.1, 0.15) is 5.56 Å². The zero-order chi connectivity index (χ0) is 14.8. The van der Waals surface area contributed by atoms with E-state index in [4.69, 9.17) is 9.47 Å². The van der Waals surface area contributed by atoms with Crippen molar-refractivity contribution in [1.29, 1.82) is 0 Å². The number of methoxy groups -OCH3 is 1. The van der Waals surface area contributed by atoms with Crippen molar-refractivity contribution in [2.75, 3.05) is 7.11 Å². The molecule has 0 unspecified atom stereocenters. The van der Waals surface area contributed by atoms with E-state index in [-0.39, 0.29) is 0 Å². The maximum Gasteiger partial charge on any atom is 0.222 e. The summed E-state index contributed by atoms with van der Waals surface area (Å²) < 4.78 is 11.9. The molecule has 0 aliphatic carbocycles. The van der Waals surface area contributed by atoms with Crippen molar-refractivity contribution in [1.82, 2.24) is 4.98 Å². The molecule has 3 aromatic rings. The Balaban J connectivity index is 1.99. The quantitative estimate of drug-likeness (QED) is 0.662. The second-order valence-electron chi connectivity index (χ2n) is 4.70. The van der Waals surface area contributed by atoms with Crippen molar-refractivity contribution < 1.29 is 9.47 Å². The molecule has 1 heterocycles. The van der Waals surface area contributed by atoms with Crippen LogP contribution in [0.25, 0.3) is 10.9 Å². The molecule has 0 N–H and O–H groups in total. The van der Waals surface area contributed by atoms with Gasteiger partial charge in [-0.15, -0.1) is 0 Å². The number of ether oxygens (including phenoxy) is 2. The molecule has 0 aliphatic heterocycles. The van der Waals surface area contributed by atoms with Crippen LogP contribution in [0.2, 0.25) is 0 Å². The summed E-state index contributed by atoms with van der Waals surface area (Å²) in [5, 5.41) is 1.11. The van der Waals surface area contributed by atoms with Crippen LogP contribution in [-0.4, -0.2) is 12.1 Å². The topological polar surface area (TPSA) is 31.4 Å². The third kappa shape index (κ3) is 2.85. The lowest BCUT2D eigenvalue weighted by Gasteiger charge is -2.11. The van der Waals surface area contributed by atoms with Crippen LogP contribution in [0.4, 0.5) is 0 Å². The first-order valence-electron chi connectivity index (χ1n) is 6.55. The van der Waals surface area contributed by atoms with E-state index in [0.717, 1.165) is 26.7 Å². The Morgan fingerprint density at radius 2 is 1.86 bits per heavy atom. The second-order valence-corrected chi connectivity index (χ2v) is 5.56. The molecule has 3 rings (SSSR count). The molecule has 21 heavy (non-hydrogen) atoms. The average Bonchev–Trinajstić information content (AvgIpc) is 2.49. The third-order valence-corrected chi connectivity index (χ3v) is 3.83. The molecule has 0 amide bonds. The summed E-state index contributed by atoms with van der Waals surface area (Å²) in [6.45, 7) is 1.99. The fourth-order valence-electron chi connectivity index (χ4n) is 2.10. The van der Waals surface area contributed by atoms with Gasteiger partial charge in [0.25, 0.3) is 0 Å². The number of halogens is 1. The first-order chi connectivity index (χ1) is 10.2. The van der Waals surface area contributed by atoms with Crippen molar-refractivity contribution in [2.45, 2.75) is 6.92 Å². The van der Waals surface area contributed by atoms with Crippen LogP contribution in [-0.2, 0) is 0 Å². The Morgan fingerprint density at radius 1 is 1.05 bits per heavy atom. The number of hydrogen-bond donors (Lipinski definition) is 0. The lowest BCUT2D eigenvalue weighted by Crippen LogP contribution is -1.93. The molecule has 0 fully saturated rings. The number of benzene rings is 2. The summed E-state index contributed by atoms with van der Waals surface area (Å²) >= 11 is 3.49. The van der Waals surface area contributed by atoms with E-state index < -0.39 is 0 Å². The molecule has 1 aromatic heterocycles. The zero-order valence-corrected chi connectivity index (χ0v) is 13.3. The van der Waals surface area contributed by atoms with Gasteiger partial charge >= 0.3 is 0 Å². The van der Waals surface area contributed by atoms with Gasteiger partial charge in [0.05, 0.1) is 17.1 Å². The van der Waals surface area contributed by atoms with Crippen LogP contribution in [0.5, 0.6) is 17.4 Å². The lowest BCUT2D eigenvalue weighted by atomic mass is 10.2. The van der Waals surface area contributed by atoms with Gasteiger partial charge in [-0.1, -0.05) is 18.2 Å². The Kier molecular flexibility index (Phi) is 3.80. The minimum Gasteiger partial charge on any atom is -0.497 e. The van der Waals surface area contributed by atoms with Crippen molar-refractivity contribution in [3.05, 3.63) is 58.6 Å². The van der Waals surface area contributed by atoms with Gasteiger partial charge in [-0.25, -0.2) is 4.98 Å². The van der Waals surface area contributed by atoms with Gasteiger partial charge in [0, 0.05) is 10.9 Å². The third-order valence-electron chi connectivity index (χ3n) is 3.21. The molecule has 0 spiro atoms. The zero-order valence-electron chi connectivity index (χ0n) is 11.8. The fourth-order valence-corrected chi connectivity index (χ4v) is 2.54. The van der Waals surface area contributed by atoms with Crippen LogP contribution >= 0.6 is 15.9 Å². The number of aryl methyl sites for hydroxylation is 1. The maximum absolute atomic E-state index is 5.93. The smallest absolute Gasteiger partial charge is 0.222 e. The number of aromatic nitrogens is 1. The number of hydrogen-bond acceptors (Lipinski definition) is 3. The average molecular weight is 344 g/mol.